The molecular weight excluding hydrogens is 428 g/mol. The molecule has 4 rings (SSSR count). The number of nitrogens with one attached hydrogen (secondary N) is 1. The Kier molecular flexibility index (Phi) is 6.42. The molecule has 1 aromatic heterocycles. The van der Waals surface area contributed by atoms with Crippen molar-refractivity contribution in [3.63, 3.8) is 0 Å². The largest absolute Gasteiger partial charge is 0.384 e. The number of H-pyrrole nitrogens is 1. The van der Waals surface area contributed by atoms with Crippen LogP contribution in [0.2, 0.25) is 0 Å². The highest BCUT2D eigenvalue weighted by atomic mass is 19.1. The maximum Gasteiger partial charge on any atom is 0.219 e. The fourth-order valence-electron chi connectivity index (χ4n) is 4.41. The van der Waals surface area contributed by atoms with Crippen LogP contribution in [0.4, 0.5) is 14.5 Å². The lowest BCUT2D eigenvalue weighted by Crippen LogP contribution is -2.48. The van der Waals surface area contributed by atoms with E-state index in [2.05, 4.69) is 20.1 Å². The standard InChI is InChI=1S/C24H27F2N5O2/c1-16(18-3-6-20(7-4-18)31-11-9-30(10-12-31)17(2)32)24(33,14-23-27-15-28-29-23)21-8-5-19(25)13-22(21)26/h3-8,13,15-16,33H,9-12,14H2,1-2H3,(H,27,28,29). The molecule has 0 aliphatic carbocycles. The van der Waals surface area contributed by atoms with Gasteiger partial charge in [0.1, 0.15) is 23.6 Å². The number of hydrogen-bond donors (Lipinski definition) is 2. The summed E-state index contributed by atoms with van der Waals surface area (Å²) < 4.78 is 28.3. The Labute approximate surface area is 191 Å². The average Bonchev–Trinajstić information content (AvgIpc) is 3.31. The topological polar surface area (TPSA) is 85.4 Å². The monoisotopic (exact) mass is 455 g/mol. The minimum atomic E-state index is -1.70. The molecule has 33 heavy (non-hydrogen) atoms. The molecule has 1 saturated heterocycles. The molecule has 2 unspecified atom stereocenters. The van der Waals surface area contributed by atoms with Gasteiger partial charge in [0, 0.05) is 62.8 Å². The molecule has 0 radical (unpaired) electrons. The number of amides is 1. The van der Waals surface area contributed by atoms with Gasteiger partial charge in [-0.25, -0.2) is 13.8 Å². The number of hydrogen-bond acceptors (Lipinski definition) is 5. The lowest BCUT2D eigenvalue weighted by Gasteiger charge is -2.36. The minimum absolute atomic E-state index is 0.00867. The Morgan fingerprint density at radius 3 is 2.42 bits per heavy atom. The van der Waals surface area contributed by atoms with Crippen LogP contribution in [0.15, 0.2) is 48.8 Å². The zero-order chi connectivity index (χ0) is 23.6. The van der Waals surface area contributed by atoms with Gasteiger partial charge in [-0.05, 0) is 23.8 Å². The van der Waals surface area contributed by atoms with Gasteiger partial charge in [0.05, 0.1) is 0 Å². The Hall–Kier alpha value is -3.33. The first-order valence-electron chi connectivity index (χ1n) is 10.9. The molecule has 1 aliphatic rings. The van der Waals surface area contributed by atoms with Gasteiger partial charge in [-0.15, -0.1) is 0 Å². The van der Waals surface area contributed by atoms with E-state index in [4.69, 9.17) is 0 Å². The summed E-state index contributed by atoms with van der Waals surface area (Å²) in [6.45, 7) is 6.21. The van der Waals surface area contributed by atoms with Crippen molar-refractivity contribution in [2.75, 3.05) is 31.1 Å². The lowest BCUT2D eigenvalue weighted by molar-refractivity contribution is -0.129. The van der Waals surface area contributed by atoms with E-state index in [-0.39, 0.29) is 17.9 Å². The Balaban J connectivity index is 1.60. The second-order valence-electron chi connectivity index (χ2n) is 8.45. The summed E-state index contributed by atoms with van der Waals surface area (Å²) >= 11 is 0. The van der Waals surface area contributed by atoms with Crippen molar-refractivity contribution in [2.24, 2.45) is 0 Å². The highest BCUT2D eigenvalue weighted by Crippen LogP contribution is 2.40. The lowest BCUT2D eigenvalue weighted by atomic mass is 9.76. The number of anilines is 1. The van der Waals surface area contributed by atoms with Crippen LogP contribution >= 0.6 is 0 Å². The van der Waals surface area contributed by atoms with Crippen LogP contribution in [-0.4, -0.2) is 57.3 Å². The van der Waals surface area contributed by atoms with E-state index in [0.29, 0.717) is 18.9 Å². The molecule has 3 aromatic rings. The maximum absolute atomic E-state index is 14.8. The van der Waals surface area contributed by atoms with E-state index >= 15 is 0 Å². The summed E-state index contributed by atoms with van der Waals surface area (Å²) in [6.07, 6.45) is 1.34. The van der Waals surface area contributed by atoms with Crippen LogP contribution < -0.4 is 4.90 Å². The maximum atomic E-state index is 14.8. The van der Waals surface area contributed by atoms with E-state index in [1.807, 2.05) is 29.2 Å². The van der Waals surface area contributed by atoms with E-state index in [1.54, 1.807) is 13.8 Å². The normalized spacial score (nSPS) is 17.0. The van der Waals surface area contributed by atoms with Gasteiger partial charge in [0.15, 0.2) is 5.82 Å². The Morgan fingerprint density at radius 2 is 1.85 bits per heavy atom. The molecule has 1 fully saturated rings. The van der Waals surface area contributed by atoms with Crippen molar-refractivity contribution >= 4 is 11.6 Å². The first kappa shape index (κ1) is 22.8. The van der Waals surface area contributed by atoms with Gasteiger partial charge < -0.3 is 14.9 Å². The highest BCUT2D eigenvalue weighted by molar-refractivity contribution is 5.73. The molecule has 2 N–H and O–H groups in total. The fraction of sp³-hybridized carbons (Fsp3) is 0.375. The number of carbonyl (C=O) groups is 1. The number of nitrogens with zero attached hydrogens (tertiary/aromatic N) is 4. The molecule has 2 aromatic carbocycles. The van der Waals surface area contributed by atoms with Gasteiger partial charge >= 0.3 is 0 Å². The van der Waals surface area contributed by atoms with Crippen molar-refractivity contribution < 1.29 is 18.7 Å². The predicted molar refractivity (Wildman–Crippen MR) is 120 cm³/mol. The zero-order valence-corrected chi connectivity index (χ0v) is 18.6. The molecule has 1 amide bonds. The number of aliphatic hydroxyl groups is 1. The zero-order valence-electron chi connectivity index (χ0n) is 18.6. The molecule has 2 heterocycles. The molecular formula is C24H27F2N5O2. The average molecular weight is 456 g/mol. The van der Waals surface area contributed by atoms with Gasteiger partial charge in [-0.1, -0.05) is 25.1 Å². The van der Waals surface area contributed by atoms with Crippen molar-refractivity contribution in [1.29, 1.82) is 0 Å². The molecule has 7 nitrogen and oxygen atoms in total. The van der Waals surface area contributed by atoms with E-state index in [1.165, 1.54) is 12.4 Å². The molecule has 2 atom stereocenters. The molecule has 0 bridgehead atoms. The van der Waals surface area contributed by atoms with Crippen LogP contribution in [0, 0.1) is 11.6 Å². The second-order valence-corrected chi connectivity index (χ2v) is 8.45. The summed E-state index contributed by atoms with van der Waals surface area (Å²) in [5.41, 5.74) is 0.0994. The molecule has 1 aliphatic heterocycles. The Bertz CT molecular complexity index is 1100. The van der Waals surface area contributed by atoms with Crippen LogP contribution in [0.25, 0.3) is 0 Å². The summed E-state index contributed by atoms with van der Waals surface area (Å²) in [5.74, 6) is -1.66. The number of carbonyl (C=O) groups excluding carboxylic acids is 1. The third-order valence-electron chi connectivity index (χ3n) is 6.49. The number of halogens is 2. The summed E-state index contributed by atoms with van der Waals surface area (Å²) in [7, 11) is 0. The summed E-state index contributed by atoms with van der Waals surface area (Å²) in [6, 6.07) is 10.9. The molecule has 0 saturated carbocycles. The quantitative estimate of drug-likeness (QED) is 0.597. The molecule has 174 valence electrons. The smallest absolute Gasteiger partial charge is 0.219 e. The van der Waals surface area contributed by atoms with Crippen LogP contribution in [0.5, 0.6) is 0 Å². The molecule has 0 spiro atoms. The number of rotatable bonds is 6. The van der Waals surface area contributed by atoms with E-state index in [9.17, 15) is 18.7 Å². The van der Waals surface area contributed by atoms with Gasteiger partial charge in [-0.3, -0.25) is 9.89 Å². The third-order valence-corrected chi connectivity index (χ3v) is 6.49. The second kappa shape index (κ2) is 9.27. The van der Waals surface area contributed by atoms with Gasteiger partial charge in [0.25, 0.3) is 0 Å². The van der Waals surface area contributed by atoms with Crippen molar-refractivity contribution in [2.45, 2.75) is 31.8 Å². The third kappa shape index (κ3) is 4.73. The van der Waals surface area contributed by atoms with Gasteiger partial charge in [-0.2, -0.15) is 5.10 Å². The highest BCUT2D eigenvalue weighted by Gasteiger charge is 2.40. The fourth-order valence-corrected chi connectivity index (χ4v) is 4.41. The van der Waals surface area contributed by atoms with Crippen LogP contribution in [0.1, 0.15) is 36.7 Å². The van der Waals surface area contributed by atoms with Crippen molar-refractivity contribution in [3.05, 3.63) is 77.4 Å². The predicted octanol–water partition coefficient (Wildman–Crippen LogP) is 2.99. The Morgan fingerprint density at radius 1 is 1.15 bits per heavy atom. The van der Waals surface area contributed by atoms with E-state index < -0.39 is 23.2 Å². The minimum Gasteiger partial charge on any atom is -0.384 e. The number of piperazine rings is 1. The van der Waals surface area contributed by atoms with Gasteiger partial charge in [0.2, 0.25) is 5.91 Å². The number of benzene rings is 2. The first-order valence-corrected chi connectivity index (χ1v) is 10.9. The number of aromatic amines is 1. The van der Waals surface area contributed by atoms with Crippen LogP contribution in [-0.2, 0) is 16.8 Å². The van der Waals surface area contributed by atoms with E-state index in [0.717, 1.165) is 36.5 Å². The summed E-state index contributed by atoms with van der Waals surface area (Å²) in [5, 5.41) is 18.4. The van der Waals surface area contributed by atoms with Crippen LogP contribution in [0.3, 0.4) is 0 Å². The van der Waals surface area contributed by atoms with Crippen molar-refractivity contribution in [1.82, 2.24) is 20.1 Å². The summed E-state index contributed by atoms with van der Waals surface area (Å²) in [4.78, 5) is 19.7. The molecule has 9 heteroatoms. The first-order chi connectivity index (χ1) is 15.8. The number of aromatic nitrogens is 3. The SMILES string of the molecule is CC(=O)N1CCN(c2ccc(C(C)C(O)(Cc3nc[nH]n3)c3ccc(F)cc3F)cc2)CC1. The van der Waals surface area contributed by atoms with Crippen molar-refractivity contribution in [3.8, 4) is 0 Å².